The molecule has 1 fully saturated rings. The lowest BCUT2D eigenvalue weighted by Gasteiger charge is -2.34. The molecule has 1 aromatic heterocycles. The first-order chi connectivity index (χ1) is 13.7. The molecule has 7 heteroatoms. The van der Waals surface area contributed by atoms with Gasteiger partial charge in [0.15, 0.2) is 0 Å². The SMILES string of the molecule is COC(=O)c1cc2c(C3CCN(C(=O)OC(C)(C)C)CC3)ccc(OC)c2cn1. The van der Waals surface area contributed by atoms with Crippen LogP contribution in [0.25, 0.3) is 10.8 Å². The molecule has 2 heterocycles. The van der Waals surface area contributed by atoms with E-state index in [4.69, 9.17) is 14.2 Å². The Bertz CT molecular complexity index is 911. The van der Waals surface area contributed by atoms with Gasteiger partial charge < -0.3 is 19.1 Å². The highest BCUT2D eigenvalue weighted by molar-refractivity contribution is 5.96. The fourth-order valence-corrected chi connectivity index (χ4v) is 3.69. The Morgan fingerprint density at radius 2 is 1.79 bits per heavy atom. The highest BCUT2D eigenvalue weighted by Crippen LogP contribution is 2.37. The Balaban J connectivity index is 1.86. The van der Waals surface area contributed by atoms with Gasteiger partial charge in [-0.1, -0.05) is 6.07 Å². The number of aromatic nitrogens is 1. The molecule has 1 saturated heterocycles. The maximum absolute atomic E-state index is 12.3. The Kier molecular flexibility index (Phi) is 5.96. The lowest BCUT2D eigenvalue weighted by molar-refractivity contribution is 0.0205. The van der Waals surface area contributed by atoms with E-state index in [1.54, 1.807) is 24.3 Å². The van der Waals surface area contributed by atoms with Gasteiger partial charge in [-0.15, -0.1) is 0 Å². The third-order valence-corrected chi connectivity index (χ3v) is 5.10. The molecule has 0 radical (unpaired) electrons. The Morgan fingerprint density at radius 1 is 1.10 bits per heavy atom. The molecule has 0 saturated carbocycles. The number of pyridine rings is 1. The fraction of sp³-hybridized carbons (Fsp3) is 0.500. The van der Waals surface area contributed by atoms with Crippen molar-refractivity contribution in [2.24, 2.45) is 0 Å². The Labute approximate surface area is 170 Å². The summed E-state index contributed by atoms with van der Waals surface area (Å²) in [6, 6.07) is 5.73. The number of hydrogen-bond donors (Lipinski definition) is 0. The van der Waals surface area contributed by atoms with E-state index in [0.717, 1.165) is 29.2 Å². The van der Waals surface area contributed by atoms with Crippen LogP contribution in [0.2, 0.25) is 0 Å². The minimum Gasteiger partial charge on any atom is -0.496 e. The molecule has 1 amide bonds. The number of benzene rings is 1. The molecule has 2 aromatic rings. The minimum atomic E-state index is -0.503. The number of hydrogen-bond acceptors (Lipinski definition) is 6. The molecular formula is C22H28N2O5. The van der Waals surface area contributed by atoms with Crippen LogP contribution in [-0.2, 0) is 9.47 Å². The van der Waals surface area contributed by atoms with Crippen LogP contribution in [-0.4, -0.2) is 54.9 Å². The molecule has 29 heavy (non-hydrogen) atoms. The first kappa shape index (κ1) is 20.9. The number of carbonyl (C=O) groups is 2. The minimum absolute atomic E-state index is 0.259. The number of nitrogens with zero attached hydrogens (tertiary/aromatic N) is 2. The summed E-state index contributed by atoms with van der Waals surface area (Å²) < 4.78 is 15.8. The average Bonchev–Trinajstić information content (AvgIpc) is 2.70. The molecule has 1 aliphatic rings. The number of esters is 1. The van der Waals surface area contributed by atoms with E-state index in [1.807, 2.05) is 32.9 Å². The van der Waals surface area contributed by atoms with Crippen LogP contribution in [0.4, 0.5) is 4.79 Å². The number of carbonyl (C=O) groups excluding carboxylic acids is 2. The lowest BCUT2D eigenvalue weighted by atomic mass is 9.86. The van der Waals surface area contributed by atoms with Crippen molar-refractivity contribution in [2.45, 2.75) is 45.1 Å². The van der Waals surface area contributed by atoms with Crippen molar-refractivity contribution in [3.05, 3.63) is 35.7 Å². The summed E-state index contributed by atoms with van der Waals surface area (Å²) in [6.45, 7) is 6.86. The van der Waals surface area contributed by atoms with Gasteiger partial charge in [0.05, 0.1) is 14.2 Å². The number of rotatable bonds is 3. The third kappa shape index (κ3) is 4.60. The molecule has 0 atom stereocenters. The van der Waals surface area contributed by atoms with E-state index >= 15 is 0 Å². The summed E-state index contributed by atoms with van der Waals surface area (Å²) in [7, 11) is 2.95. The van der Waals surface area contributed by atoms with Crippen molar-refractivity contribution < 1.29 is 23.8 Å². The molecule has 1 aromatic carbocycles. The molecule has 0 N–H and O–H groups in total. The Morgan fingerprint density at radius 3 is 2.38 bits per heavy atom. The van der Waals surface area contributed by atoms with Crippen LogP contribution in [0.1, 0.15) is 55.6 Å². The predicted molar refractivity (Wildman–Crippen MR) is 109 cm³/mol. The van der Waals surface area contributed by atoms with E-state index in [2.05, 4.69) is 4.98 Å². The maximum Gasteiger partial charge on any atom is 0.410 e. The van der Waals surface area contributed by atoms with Crippen LogP contribution in [0.5, 0.6) is 5.75 Å². The van der Waals surface area contributed by atoms with Crippen LogP contribution >= 0.6 is 0 Å². The van der Waals surface area contributed by atoms with Gasteiger partial charge >= 0.3 is 12.1 Å². The first-order valence-electron chi connectivity index (χ1n) is 9.76. The fourth-order valence-electron chi connectivity index (χ4n) is 3.69. The van der Waals surface area contributed by atoms with Crippen LogP contribution in [0, 0.1) is 0 Å². The van der Waals surface area contributed by atoms with Gasteiger partial charge in [0.25, 0.3) is 0 Å². The molecule has 0 bridgehead atoms. The van der Waals surface area contributed by atoms with Crippen molar-refractivity contribution in [3.63, 3.8) is 0 Å². The van der Waals surface area contributed by atoms with E-state index in [0.29, 0.717) is 18.8 Å². The zero-order chi connectivity index (χ0) is 21.2. The predicted octanol–water partition coefficient (Wildman–Crippen LogP) is 4.14. The van der Waals surface area contributed by atoms with Gasteiger partial charge in [-0.25, -0.2) is 14.6 Å². The van der Waals surface area contributed by atoms with E-state index in [1.165, 1.54) is 7.11 Å². The van der Waals surface area contributed by atoms with Gasteiger partial charge in [-0.3, -0.25) is 0 Å². The summed E-state index contributed by atoms with van der Waals surface area (Å²) >= 11 is 0. The number of likely N-dealkylation sites (tertiary alicyclic amines) is 1. The maximum atomic E-state index is 12.3. The van der Waals surface area contributed by atoms with Gasteiger partial charge in [0, 0.05) is 24.7 Å². The first-order valence-corrected chi connectivity index (χ1v) is 9.76. The monoisotopic (exact) mass is 400 g/mol. The van der Waals surface area contributed by atoms with Gasteiger partial charge in [-0.05, 0) is 62.6 Å². The van der Waals surface area contributed by atoms with Crippen LogP contribution in [0.15, 0.2) is 24.4 Å². The summed E-state index contributed by atoms with van der Waals surface area (Å²) in [5.74, 6) is 0.495. The molecule has 1 aliphatic heterocycles. The normalized spacial score (nSPS) is 15.3. The van der Waals surface area contributed by atoms with E-state index in [9.17, 15) is 9.59 Å². The quantitative estimate of drug-likeness (QED) is 0.721. The van der Waals surface area contributed by atoms with Gasteiger partial charge in [-0.2, -0.15) is 0 Å². The summed E-state index contributed by atoms with van der Waals surface area (Å²) in [6.07, 6.45) is 3.01. The second-order valence-corrected chi connectivity index (χ2v) is 8.21. The highest BCUT2D eigenvalue weighted by Gasteiger charge is 2.28. The molecule has 0 unspecified atom stereocenters. The number of methoxy groups -OCH3 is 2. The summed E-state index contributed by atoms with van der Waals surface area (Å²) in [5, 5.41) is 1.78. The van der Waals surface area contributed by atoms with E-state index < -0.39 is 11.6 Å². The molecular weight excluding hydrogens is 372 g/mol. The molecule has 7 nitrogen and oxygen atoms in total. The standard InChI is InChI=1S/C22H28N2O5/c1-22(2,3)29-21(26)24-10-8-14(9-11-24)15-6-7-19(27-4)17-13-23-18(12-16(15)17)20(25)28-5/h6-7,12-14H,8-11H2,1-5H3. The Hall–Kier alpha value is -2.83. The summed E-state index contributed by atoms with van der Waals surface area (Å²) in [5.41, 5.74) is 0.884. The van der Waals surface area contributed by atoms with Crippen molar-refractivity contribution in [1.82, 2.24) is 9.88 Å². The second kappa shape index (κ2) is 8.27. The van der Waals surface area contributed by atoms with Gasteiger partial charge in [0.2, 0.25) is 0 Å². The third-order valence-electron chi connectivity index (χ3n) is 5.10. The van der Waals surface area contributed by atoms with E-state index in [-0.39, 0.29) is 17.7 Å². The molecule has 0 aliphatic carbocycles. The number of ether oxygens (including phenoxy) is 3. The molecule has 3 rings (SSSR count). The lowest BCUT2D eigenvalue weighted by Crippen LogP contribution is -2.41. The average molecular weight is 400 g/mol. The topological polar surface area (TPSA) is 78.0 Å². The van der Waals surface area contributed by atoms with Crippen molar-refractivity contribution in [2.75, 3.05) is 27.3 Å². The largest absolute Gasteiger partial charge is 0.496 e. The van der Waals surface area contributed by atoms with Crippen LogP contribution in [0.3, 0.4) is 0 Å². The van der Waals surface area contributed by atoms with Crippen molar-refractivity contribution >= 4 is 22.8 Å². The zero-order valence-electron chi connectivity index (χ0n) is 17.7. The summed E-state index contributed by atoms with van der Waals surface area (Å²) in [4.78, 5) is 30.3. The smallest absolute Gasteiger partial charge is 0.410 e. The number of amides is 1. The van der Waals surface area contributed by atoms with Crippen molar-refractivity contribution in [1.29, 1.82) is 0 Å². The van der Waals surface area contributed by atoms with Crippen molar-refractivity contribution in [3.8, 4) is 5.75 Å². The molecule has 156 valence electrons. The number of fused-ring (bicyclic) bond motifs is 1. The van der Waals surface area contributed by atoms with Crippen LogP contribution < -0.4 is 4.74 Å². The zero-order valence-corrected chi connectivity index (χ0v) is 17.7. The van der Waals surface area contributed by atoms with Gasteiger partial charge in [0.1, 0.15) is 17.0 Å². The molecule has 0 spiro atoms. The second-order valence-electron chi connectivity index (χ2n) is 8.21. The highest BCUT2D eigenvalue weighted by atomic mass is 16.6. The number of piperidine rings is 1.